The fourth-order valence-electron chi connectivity index (χ4n) is 1.27. The average Bonchev–Trinajstić information content (AvgIpc) is 2.44. The van der Waals surface area contributed by atoms with Gasteiger partial charge in [0, 0.05) is 21.4 Å². The van der Waals surface area contributed by atoms with E-state index in [1.807, 2.05) is 0 Å². The van der Waals surface area contributed by atoms with E-state index in [1.165, 1.54) is 6.07 Å². The van der Waals surface area contributed by atoms with Gasteiger partial charge in [-0.3, -0.25) is 0 Å². The van der Waals surface area contributed by atoms with Gasteiger partial charge in [0.2, 0.25) is 0 Å². The van der Waals surface area contributed by atoms with Crippen LogP contribution in [0.1, 0.15) is 0 Å². The van der Waals surface area contributed by atoms with Crippen LogP contribution in [0.2, 0.25) is 5.02 Å². The van der Waals surface area contributed by atoms with Crippen molar-refractivity contribution in [3.05, 3.63) is 27.7 Å². The first kappa shape index (κ1) is 19.5. The number of rotatable bonds is 2. The zero-order valence-corrected chi connectivity index (χ0v) is 16.8. The van der Waals surface area contributed by atoms with Crippen molar-refractivity contribution in [2.45, 2.75) is 0 Å². The normalized spacial score (nSPS) is 10.7. The second-order valence-electron chi connectivity index (χ2n) is 3.03. The number of aromatic nitrogens is 1. The number of hydrogen-bond acceptors (Lipinski definition) is 4. The molecule has 86 valence electrons. The number of H-pyrrole nitrogens is 1. The van der Waals surface area contributed by atoms with Gasteiger partial charge in [-0.2, -0.15) is 0 Å². The Morgan fingerprint density at radius 3 is 2.44 bits per heavy atom. The van der Waals surface area contributed by atoms with Crippen LogP contribution < -0.4 is 73.4 Å². The van der Waals surface area contributed by atoms with E-state index >= 15 is 0 Å². The predicted molar refractivity (Wildman–Crippen MR) is 59.2 cm³/mol. The Morgan fingerprint density at radius 1 is 1.28 bits per heavy atom. The van der Waals surface area contributed by atoms with Crippen LogP contribution in [-0.4, -0.2) is 4.98 Å². The second-order valence-corrected chi connectivity index (χ2v) is 5.36. The SMILES string of the molecule is O=P([O-])([O-])Oc1cc2cc(Br)c(Cl)cc2[nH]1.[Na+].[Na+]. The summed E-state index contributed by atoms with van der Waals surface area (Å²) in [5, 5.41) is 1.15. The summed E-state index contributed by atoms with van der Waals surface area (Å²) in [6.45, 7) is 0. The number of hydrogen-bond donors (Lipinski definition) is 1. The minimum atomic E-state index is -5.04. The van der Waals surface area contributed by atoms with E-state index in [9.17, 15) is 14.4 Å². The Hall–Kier alpha value is 1.48. The van der Waals surface area contributed by atoms with Gasteiger partial charge in [0.1, 0.15) is 7.82 Å². The molecule has 0 atom stereocenters. The summed E-state index contributed by atoms with van der Waals surface area (Å²) in [6, 6.07) is 4.68. The summed E-state index contributed by atoms with van der Waals surface area (Å²) >= 11 is 9.07. The molecule has 0 aliphatic rings. The summed E-state index contributed by atoms with van der Waals surface area (Å²) in [6.07, 6.45) is 0. The molecule has 2 aromatic rings. The summed E-state index contributed by atoms with van der Waals surface area (Å²) in [5.41, 5.74) is 0.580. The number of phosphoric acid groups is 1. The first-order valence-corrected chi connectivity index (χ1v) is 6.68. The quantitative estimate of drug-likeness (QED) is 0.429. The fourth-order valence-corrected chi connectivity index (χ4v) is 2.13. The molecule has 1 aromatic heterocycles. The summed E-state index contributed by atoms with van der Waals surface area (Å²) in [5.74, 6) is -0.127. The monoisotopic (exact) mass is 369 g/mol. The van der Waals surface area contributed by atoms with Crippen LogP contribution in [0.5, 0.6) is 5.88 Å². The zero-order valence-electron chi connectivity index (χ0n) is 9.57. The van der Waals surface area contributed by atoms with Crippen LogP contribution in [0.15, 0.2) is 22.7 Å². The average molecular weight is 370 g/mol. The van der Waals surface area contributed by atoms with Gasteiger partial charge in [-0.15, -0.1) is 0 Å². The van der Waals surface area contributed by atoms with E-state index in [-0.39, 0.29) is 65.0 Å². The van der Waals surface area contributed by atoms with Crippen LogP contribution in [0.4, 0.5) is 0 Å². The molecule has 1 N–H and O–H groups in total. The number of nitrogens with one attached hydrogen (secondary N) is 1. The van der Waals surface area contributed by atoms with Gasteiger partial charge in [0.15, 0.2) is 5.88 Å². The van der Waals surface area contributed by atoms with Crippen molar-refractivity contribution < 1.29 is 78.0 Å². The first-order valence-electron chi connectivity index (χ1n) is 4.04. The van der Waals surface area contributed by atoms with Gasteiger partial charge >= 0.3 is 59.1 Å². The Morgan fingerprint density at radius 2 is 1.89 bits per heavy atom. The fraction of sp³-hybridized carbons (Fsp3) is 0. The molecule has 0 fully saturated rings. The molecule has 0 radical (unpaired) electrons. The molecule has 2 rings (SSSR count). The van der Waals surface area contributed by atoms with Crippen LogP contribution in [-0.2, 0) is 4.57 Å². The molecule has 1 aromatic carbocycles. The number of fused-ring (bicyclic) bond motifs is 1. The van der Waals surface area contributed by atoms with Crippen molar-refractivity contribution in [1.29, 1.82) is 0 Å². The summed E-state index contributed by atoms with van der Waals surface area (Å²) < 4.78 is 15.3. The van der Waals surface area contributed by atoms with E-state index in [2.05, 4.69) is 25.4 Å². The Balaban J connectivity index is 0.00000144. The molecule has 0 unspecified atom stereocenters. The van der Waals surface area contributed by atoms with Crippen molar-refractivity contribution in [3.63, 3.8) is 0 Å². The molecule has 0 amide bonds. The zero-order chi connectivity index (χ0) is 11.9. The van der Waals surface area contributed by atoms with Gasteiger partial charge in [-0.25, -0.2) is 0 Å². The van der Waals surface area contributed by atoms with E-state index in [1.54, 1.807) is 12.1 Å². The Kier molecular flexibility index (Phi) is 8.09. The van der Waals surface area contributed by atoms with Crippen LogP contribution in [0.3, 0.4) is 0 Å². The Bertz CT molecular complexity index is 563. The predicted octanol–water partition coefficient (Wildman–Crippen LogP) is -4.20. The maximum atomic E-state index is 10.4. The summed E-state index contributed by atoms with van der Waals surface area (Å²) in [4.78, 5) is 23.4. The first-order chi connectivity index (χ1) is 7.35. The molecule has 0 bridgehead atoms. The van der Waals surface area contributed by atoms with E-state index < -0.39 is 7.82 Å². The minimum absolute atomic E-state index is 0. The molecule has 1 heterocycles. The number of benzene rings is 1. The van der Waals surface area contributed by atoms with Gasteiger partial charge in [-0.05, 0) is 28.1 Å². The third-order valence-corrected chi connectivity index (χ3v) is 3.46. The molecule has 0 saturated heterocycles. The summed E-state index contributed by atoms with van der Waals surface area (Å²) in [7, 11) is -5.04. The maximum absolute atomic E-state index is 10.4. The van der Waals surface area contributed by atoms with Gasteiger partial charge < -0.3 is 23.9 Å². The maximum Gasteiger partial charge on any atom is 1.00 e. The standard InChI is InChI=1S/C8H6BrClNO4P.2Na/c9-5-1-4-2-8(15-16(12,13)14)11-7(4)3-6(5)10;;/h1-3,11H,(H2,12,13,14);;/q;2*+1/p-2. The molecule has 5 nitrogen and oxygen atoms in total. The largest absolute Gasteiger partial charge is 1.00 e. The van der Waals surface area contributed by atoms with Crippen LogP contribution in [0.25, 0.3) is 10.9 Å². The number of aromatic amines is 1. The number of halogens is 2. The molecule has 18 heavy (non-hydrogen) atoms. The van der Waals surface area contributed by atoms with Gasteiger partial charge in [0.25, 0.3) is 0 Å². The number of phosphoric ester groups is 1. The Labute approximate surface area is 161 Å². The van der Waals surface area contributed by atoms with Crippen molar-refractivity contribution in [3.8, 4) is 5.88 Å². The van der Waals surface area contributed by atoms with Gasteiger partial charge in [-0.1, -0.05) is 11.6 Å². The van der Waals surface area contributed by atoms with E-state index in [0.29, 0.717) is 20.4 Å². The molecule has 10 heteroatoms. The van der Waals surface area contributed by atoms with Crippen molar-refractivity contribution in [2.24, 2.45) is 0 Å². The van der Waals surface area contributed by atoms with Crippen molar-refractivity contribution in [1.82, 2.24) is 4.98 Å². The molecule has 0 saturated carbocycles. The molecule has 0 aliphatic carbocycles. The van der Waals surface area contributed by atoms with Gasteiger partial charge in [0.05, 0.1) is 5.02 Å². The van der Waals surface area contributed by atoms with E-state index in [0.717, 1.165) is 0 Å². The molecular weight excluding hydrogens is 366 g/mol. The minimum Gasteiger partial charge on any atom is -0.780 e. The molecular formula is C8H4BrClNNa2O4P. The second kappa shape index (κ2) is 7.48. The topological polar surface area (TPSA) is 88.2 Å². The van der Waals surface area contributed by atoms with Crippen molar-refractivity contribution >= 4 is 46.3 Å². The third-order valence-electron chi connectivity index (χ3n) is 1.85. The van der Waals surface area contributed by atoms with Crippen LogP contribution in [0, 0.1) is 0 Å². The third kappa shape index (κ3) is 5.11. The van der Waals surface area contributed by atoms with Crippen LogP contribution >= 0.6 is 35.4 Å². The molecule has 0 aliphatic heterocycles. The smallest absolute Gasteiger partial charge is 0.780 e. The van der Waals surface area contributed by atoms with E-state index in [4.69, 9.17) is 11.6 Å². The van der Waals surface area contributed by atoms with Crippen molar-refractivity contribution in [2.75, 3.05) is 0 Å². The molecule has 0 spiro atoms.